The Bertz CT molecular complexity index is 3480. The molecule has 19 nitrogen and oxygen atoms in total. The van der Waals surface area contributed by atoms with E-state index in [-0.39, 0.29) is 57.7 Å². The van der Waals surface area contributed by atoms with E-state index in [0.29, 0.717) is 34.9 Å². The number of amides is 1. The van der Waals surface area contributed by atoms with Crippen molar-refractivity contribution in [2.24, 2.45) is 0 Å². The molecule has 25 heteroatoms. The summed E-state index contributed by atoms with van der Waals surface area (Å²) >= 11 is 7.01. The summed E-state index contributed by atoms with van der Waals surface area (Å²) < 4.78 is 141. The van der Waals surface area contributed by atoms with Crippen LogP contribution in [0.2, 0.25) is 23.3 Å². The van der Waals surface area contributed by atoms with Crippen LogP contribution in [0.15, 0.2) is 78.9 Å². The zero-order chi connectivity index (χ0) is 60.6. The number of rotatable bonds is 18. The van der Waals surface area contributed by atoms with Gasteiger partial charge < -0.3 is 57.1 Å². The van der Waals surface area contributed by atoms with Crippen molar-refractivity contribution in [1.29, 1.82) is 0 Å². The molecule has 1 N–H and O–H groups in total. The molecule has 1 spiro atoms. The molecule has 5 bridgehead atoms. The van der Waals surface area contributed by atoms with Gasteiger partial charge in [-0.15, -0.1) is 0 Å². The molecule has 0 saturated carbocycles. The van der Waals surface area contributed by atoms with Crippen molar-refractivity contribution >= 4 is 58.7 Å². The van der Waals surface area contributed by atoms with E-state index in [0.717, 1.165) is 12.1 Å². The Morgan fingerprint density at radius 2 is 1.71 bits per heavy atom. The molecule has 5 aliphatic rings. The SMILES string of the molecule is C=CCOc1cc2cc(OC(C)C)c(OC)c(OC)c2cc1C(=O)N[C@@H]1CC(=O)OC[C@@H](OCOC)[C@]2(OC(=O)c3ccc(C(F)(F)F)cc3)C#CC3=C[C@H](Oc4ccc1nc4Cl)[C@H](O[Si](C)(C)C(C)(C)C)[C@@]31O[C@H]1C#C[C@H]2OS(C)(=O)=O. The molecule has 0 unspecified atom stereocenters. The molecule has 1 amide bonds. The summed E-state index contributed by atoms with van der Waals surface area (Å²) in [5.41, 5.74) is -5.72. The fourth-order valence-corrected chi connectivity index (χ4v) is 11.3. The maximum atomic E-state index is 14.9. The number of esters is 2. The maximum absolute atomic E-state index is 14.9. The highest BCUT2D eigenvalue weighted by molar-refractivity contribution is 7.86. The molecule has 3 aliphatic heterocycles. The molecule has 1 aromatic heterocycles. The van der Waals surface area contributed by atoms with E-state index in [2.05, 4.69) is 40.6 Å². The lowest BCUT2D eigenvalue weighted by Crippen LogP contribution is -2.58. The molecular formula is C58H62ClF3N2O17SSi. The summed E-state index contributed by atoms with van der Waals surface area (Å²) in [5.74, 6) is 9.30. The third-order valence-electron chi connectivity index (χ3n) is 14.3. The van der Waals surface area contributed by atoms with Crippen LogP contribution in [-0.4, -0.2) is 135 Å². The third kappa shape index (κ3) is 13.1. The highest BCUT2D eigenvalue weighted by Crippen LogP contribution is 2.55. The van der Waals surface area contributed by atoms with Gasteiger partial charge in [0.05, 0.1) is 61.4 Å². The van der Waals surface area contributed by atoms with Crippen LogP contribution < -0.4 is 29.0 Å². The number of methoxy groups -OCH3 is 3. The van der Waals surface area contributed by atoms with Crippen LogP contribution in [0, 0.1) is 23.7 Å². The van der Waals surface area contributed by atoms with Crippen LogP contribution in [0.25, 0.3) is 10.8 Å². The number of ether oxygens (including phenoxy) is 10. The molecule has 9 rings (SSSR count). The number of halogens is 4. The average Bonchev–Trinajstić information content (AvgIpc) is 2.16. The second kappa shape index (κ2) is 24.0. The zero-order valence-corrected chi connectivity index (χ0v) is 49.8. The largest absolute Gasteiger partial charge is 0.492 e. The molecule has 1 fully saturated rings. The highest BCUT2D eigenvalue weighted by Gasteiger charge is 2.71. The molecule has 83 heavy (non-hydrogen) atoms. The number of epoxide rings is 1. The van der Waals surface area contributed by atoms with Crippen molar-refractivity contribution in [2.75, 3.05) is 47.6 Å². The van der Waals surface area contributed by atoms with Crippen molar-refractivity contribution < 1.29 is 92.0 Å². The van der Waals surface area contributed by atoms with Gasteiger partial charge in [0, 0.05) is 18.1 Å². The summed E-state index contributed by atoms with van der Waals surface area (Å²) in [7, 11) is -3.34. The minimum atomic E-state index is -4.79. The third-order valence-corrected chi connectivity index (χ3v) is 19.6. The minimum absolute atomic E-state index is 0.0168. The fourth-order valence-electron chi connectivity index (χ4n) is 9.25. The number of alkyl halides is 3. The first kappa shape index (κ1) is 62.2. The lowest BCUT2D eigenvalue weighted by molar-refractivity contribution is -0.181. The van der Waals surface area contributed by atoms with Gasteiger partial charge in [-0.2, -0.15) is 21.6 Å². The number of nitrogens with one attached hydrogen (secondary N) is 1. The van der Waals surface area contributed by atoms with Gasteiger partial charge in [0.25, 0.3) is 16.0 Å². The van der Waals surface area contributed by atoms with Crippen molar-refractivity contribution in [3.63, 3.8) is 0 Å². The quantitative estimate of drug-likeness (QED) is 0.0143. The molecule has 2 aliphatic carbocycles. The standard InChI is InChI=1S/C58H62ClF3N2O17SSi/c1-13-24-73-42-25-34-26-43(76-32(2)3)50(72-9)49(71-8)37(34)28-38(42)53(66)64-40-29-48(65)74-30-47(75-31-70-7)56(79-54(67)33-14-16-35(17-15-33)58(60,61)62)23-22-36-27-44(77-41-19-18-39(40)63-52(41)59)51(81-83(11,12)55(4,5)6)57(36)46(78-57)21-20-45(56)80-82(10,68)69/h13-19,25-28,32,40,44-47,51H,1,24,29-31H2,2-12H3,(H,64,66)/t40-,44+,45-,46+,47-,51+,56+,57-/m1/s1. The van der Waals surface area contributed by atoms with Gasteiger partial charge in [0.1, 0.15) is 44.1 Å². The second-order valence-electron chi connectivity index (χ2n) is 21.5. The first-order chi connectivity index (χ1) is 39.0. The van der Waals surface area contributed by atoms with Gasteiger partial charge in [0.2, 0.25) is 11.4 Å². The van der Waals surface area contributed by atoms with Gasteiger partial charge in [-0.1, -0.05) is 62.8 Å². The van der Waals surface area contributed by atoms with Crippen LogP contribution in [0.3, 0.4) is 0 Å². The Labute approximate surface area is 484 Å². The summed E-state index contributed by atoms with van der Waals surface area (Å²) in [6, 6.07) is 9.37. The number of pyridine rings is 1. The Morgan fingerprint density at radius 3 is 2.33 bits per heavy atom. The molecule has 4 aromatic rings. The van der Waals surface area contributed by atoms with E-state index in [9.17, 15) is 36.0 Å². The van der Waals surface area contributed by atoms with Crippen molar-refractivity contribution in [3.8, 4) is 52.4 Å². The number of carbonyl (C=O) groups is 3. The molecule has 4 heterocycles. The molecule has 1 saturated heterocycles. The van der Waals surface area contributed by atoms with Crippen LogP contribution >= 0.6 is 11.6 Å². The first-order valence-electron chi connectivity index (χ1n) is 25.9. The highest BCUT2D eigenvalue weighted by atomic mass is 35.5. The molecule has 8 atom stereocenters. The van der Waals surface area contributed by atoms with Gasteiger partial charge in [-0.3, -0.25) is 9.59 Å². The summed E-state index contributed by atoms with van der Waals surface area (Å²) in [6.07, 6.45) is -9.30. The van der Waals surface area contributed by atoms with Gasteiger partial charge in [0.15, 0.2) is 48.5 Å². The van der Waals surface area contributed by atoms with Gasteiger partial charge >= 0.3 is 18.1 Å². The summed E-state index contributed by atoms with van der Waals surface area (Å²) in [5, 5.41) is 3.22. The van der Waals surface area contributed by atoms with Crippen molar-refractivity contribution in [3.05, 3.63) is 106 Å². The number of aromatic nitrogens is 1. The van der Waals surface area contributed by atoms with Crippen LogP contribution in [0.1, 0.15) is 79.1 Å². The van der Waals surface area contributed by atoms with E-state index < -0.39 is 126 Å². The minimum Gasteiger partial charge on any atom is -0.492 e. The lowest BCUT2D eigenvalue weighted by atomic mass is 9.89. The Hall–Kier alpha value is -6.87. The fraction of sp³-hybridized carbons (Fsp3) is 0.448. The van der Waals surface area contributed by atoms with Gasteiger partial charge in [-0.05, 0) is 104 Å². The topological polar surface area (TPSA) is 224 Å². The summed E-state index contributed by atoms with van der Waals surface area (Å²) in [6.45, 7) is 15.9. The van der Waals surface area contributed by atoms with Crippen LogP contribution in [-0.2, 0) is 53.4 Å². The Balaban J connectivity index is 1.30. The average molecular weight is 1210 g/mol. The predicted octanol–water partition coefficient (Wildman–Crippen LogP) is 8.86. The normalized spacial score (nSPS) is 24.0. The van der Waals surface area contributed by atoms with Crippen molar-refractivity contribution in [2.45, 2.75) is 119 Å². The van der Waals surface area contributed by atoms with E-state index in [4.69, 9.17) is 67.6 Å². The Kier molecular flexibility index (Phi) is 18.0. The smallest absolute Gasteiger partial charge is 0.416 e. The van der Waals surface area contributed by atoms with E-state index in [1.165, 1.54) is 45.6 Å². The molecular weight excluding hydrogens is 1150 g/mol. The van der Waals surface area contributed by atoms with Crippen LogP contribution in [0.4, 0.5) is 13.2 Å². The second-order valence-corrected chi connectivity index (χ2v) is 28.2. The number of hydrogen-bond acceptors (Lipinski definition) is 18. The monoisotopic (exact) mass is 1210 g/mol. The number of carbonyl (C=O) groups excluding carboxylic acids is 3. The number of fused-ring (bicyclic) bond motifs is 8. The maximum Gasteiger partial charge on any atom is 0.416 e. The first-order valence-corrected chi connectivity index (χ1v) is 31.0. The van der Waals surface area contributed by atoms with Crippen molar-refractivity contribution in [1.82, 2.24) is 10.3 Å². The van der Waals surface area contributed by atoms with E-state index in [1.54, 1.807) is 18.2 Å². The molecule has 444 valence electrons. The number of nitrogens with zero attached hydrogens (tertiary/aromatic N) is 1. The Morgan fingerprint density at radius 1 is 1.01 bits per heavy atom. The zero-order valence-electron chi connectivity index (χ0n) is 47.2. The van der Waals surface area contributed by atoms with Crippen LogP contribution in [0.5, 0.6) is 28.7 Å². The van der Waals surface area contributed by atoms with E-state index >= 15 is 0 Å². The predicted molar refractivity (Wildman–Crippen MR) is 297 cm³/mol. The molecule has 3 aromatic carbocycles. The molecule has 0 radical (unpaired) electrons. The van der Waals surface area contributed by atoms with E-state index in [1.807, 2.05) is 47.7 Å². The number of benzene rings is 3. The van der Waals surface area contributed by atoms with Gasteiger partial charge in [-0.25, -0.2) is 14.0 Å². The number of hydrogen-bond donors (Lipinski definition) is 1. The lowest BCUT2D eigenvalue weighted by Gasteiger charge is -2.40. The summed E-state index contributed by atoms with van der Waals surface area (Å²) in [4.78, 5) is 48.6.